The highest BCUT2D eigenvalue weighted by molar-refractivity contribution is 5.82. The summed E-state index contributed by atoms with van der Waals surface area (Å²) in [5, 5.41) is 7.64. The molecule has 1 aliphatic carbocycles. The molecule has 1 rings (SSSR count). The predicted molar refractivity (Wildman–Crippen MR) is 47.6 cm³/mol. The van der Waals surface area contributed by atoms with Crippen LogP contribution in [0.2, 0.25) is 0 Å². The molecule has 1 N–H and O–H groups in total. The summed E-state index contributed by atoms with van der Waals surface area (Å²) in [6.45, 7) is 2.62. The second kappa shape index (κ2) is 3.90. The van der Waals surface area contributed by atoms with Crippen LogP contribution in [0.25, 0.3) is 0 Å². The molecule has 0 saturated heterocycles. The largest absolute Gasteiger partial charge is 0.482 e. The Morgan fingerprint density at radius 1 is 1.42 bits per heavy atom. The second-order valence-electron chi connectivity index (χ2n) is 3.17. The van der Waals surface area contributed by atoms with E-state index in [0.717, 1.165) is 25.7 Å². The molecule has 1 saturated carbocycles. The lowest BCUT2D eigenvalue weighted by molar-refractivity contribution is 0.00415. The van der Waals surface area contributed by atoms with Crippen LogP contribution in [-0.2, 0) is 9.47 Å². The van der Waals surface area contributed by atoms with Crippen LogP contribution in [0, 0.1) is 5.41 Å². The highest BCUT2D eigenvalue weighted by atomic mass is 16.5. The third-order valence-electron chi connectivity index (χ3n) is 2.45. The average Bonchev–Trinajstić information content (AvgIpc) is 2.53. The summed E-state index contributed by atoms with van der Waals surface area (Å²) in [5.41, 5.74) is -0.385. The van der Waals surface area contributed by atoms with E-state index in [2.05, 4.69) is 0 Å². The van der Waals surface area contributed by atoms with Gasteiger partial charge in [-0.25, -0.2) is 0 Å². The Labute approximate surface area is 73.6 Å². The van der Waals surface area contributed by atoms with Gasteiger partial charge < -0.3 is 9.47 Å². The number of rotatable bonds is 3. The van der Waals surface area contributed by atoms with E-state index in [1.54, 1.807) is 7.11 Å². The smallest absolute Gasteiger partial charge is 0.213 e. The maximum Gasteiger partial charge on any atom is 0.213 e. The van der Waals surface area contributed by atoms with Gasteiger partial charge in [-0.05, 0) is 32.6 Å². The van der Waals surface area contributed by atoms with E-state index in [9.17, 15) is 0 Å². The molecule has 3 heteroatoms. The molecular weight excluding hydrogens is 154 g/mol. The van der Waals surface area contributed by atoms with Crippen molar-refractivity contribution in [3.63, 3.8) is 0 Å². The SMILES string of the molecule is CCOC1(C(=N)OC)CCCC1. The molecule has 70 valence electrons. The maximum atomic E-state index is 7.64. The number of ether oxygens (including phenoxy) is 2. The van der Waals surface area contributed by atoms with Crippen LogP contribution in [0.4, 0.5) is 0 Å². The molecular formula is C9H17NO2. The summed E-state index contributed by atoms with van der Waals surface area (Å²) in [6, 6.07) is 0. The zero-order valence-electron chi connectivity index (χ0n) is 7.85. The Balaban J connectivity index is 2.64. The van der Waals surface area contributed by atoms with Gasteiger partial charge >= 0.3 is 0 Å². The first-order chi connectivity index (χ1) is 5.75. The third kappa shape index (κ3) is 1.61. The Morgan fingerprint density at radius 3 is 2.42 bits per heavy atom. The van der Waals surface area contributed by atoms with Crippen LogP contribution in [0.3, 0.4) is 0 Å². The van der Waals surface area contributed by atoms with Crippen molar-refractivity contribution in [3.8, 4) is 0 Å². The van der Waals surface area contributed by atoms with E-state index >= 15 is 0 Å². The number of hydrogen-bond donors (Lipinski definition) is 1. The molecule has 12 heavy (non-hydrogen) atoms. The van der Waals surface area contributed by atoms with Gasteiger partial charge in [0.05, 0.1) is 7.11 Å². The molecule has 0 unspecified atom stereocenters. The average molecular weight is 171 g/mol. The van der Waals surface area contributed by atoms with E-state index < -0.39 is 0 Å². The molecule has 3 nitrogen and oxygen atoms in total. The Bertz CT molecular complexity index is 162. The minimum absolute atomic E-state index is 0.293. The molecule has 0 aromatic heterocycles. The Hall–Kier alpha value is -0.570. The van der Waals surface area contributed by atoms with Crippen molar-refractivity contribution in [1.82, 2.24) is 0 Å². The van der Waals surface area contributed by atoms with Crippen molar-refractivity contribution in [2.45, 2.75) is 38.2 Å². The molecule has 0 radical (unpaired) electrons. The van der Waals surface area contributed by atoms with Crippen molar-refractivity contribution in [2.75, 3.05) is 13.7 Å². The van der Waals surface area contributed by atoms with Gasteiger partial charge in [0.2, 0.25) is 5.90 Å². The first kappa shape index (κ1) is 9.52. The van der Waals surface area contributed by atoms with Crippen LogP contribution in [0.1, 0.15) is 32.6 Å². The normalized spacial score (nSPS) is 20.8. The van der Waals surface area contributed by atoms with Gasteiger partial charge in [-0.3, -0.25) is 5.41 Å². The van der Waals surface area contributed by atoms with E-state index in [0.29, 0.717) is 12.5 Å². The number of hydrogen-bond acceptors (Lipinski definition) is 3. The van der Waals surface area contributed by atoms with Crippen LogP contribution >= 0.6 is 0 Å². The zero-order valence-corrected chi connectivity index (χ0v) is 7.85. The monoisotopic (exact) mass is 171 g/mol. The minimum Gasteiger partial charge on any atom is -0.482 e. The molecule has 0 spiro atoms. The molecule has 0 bridgehead atoms. The van der Waals surface area contributed by atoms with Crippen molar-refractivity contribution in [1.29, 1.82) is 5.41 Å². The highest BCUT2D eigenvalue weighted by Gasteiger charge is 2.40. The fourth-order valence-electron chi connectivity index (χ4n) is 1.85. The lowest BCUT2D eigenvalue weighted by Gasteiger charge is -2.27. The first-order valence-electron chi connectivity index (χ1n) is 4.52. The number of nitrogens with one attached hydrogen (secondary N) is 1. The van der Waals surface area contributed by atoms with E-state index in [4.69, 9.17) is 14.9 Å². The van der Waals surface area contributed by atoms with Gasteiger partial charge in [0.1, 0.15) is 5.60 Å². The van der Waals surface area contributed by atoms with Gasteiger partial charge in [-0.2, -0.15) is 0 Å². The fourth-order valence-corrected chi connectivity index (χ4v) is 1.85. The van der Waals surface area contributed by atoms with Gasteiger partial charge in [-0.15, -0.1) is 0 Å². The van der Waals surface area contributed by atoms with Crippen molar-refractivity contribution >= 4 is 5.90 Å². The zero-order chi connectivity index (χ0) is 9.03. The molecule has 1 aliphatic rings. The minimum atomic E-state index is -0.385. The molecule has 0 aliphatic heterocycles. The molecule has 0 amide bonds. The van der Waals surface area contributed by atoms with Gasteiger partial charge in [0.25, 0.3) is 0 Å². The Kier molecular flexibility index (Phi) is 3.09. The van der Waals surface area contributed by atoms with Crippen LogP contribution in [0.15, 0.2) is 0 Å². The number of methoxy groups -OCH3 is 1. The van der Waals surface area contributed by atoms with E-state index in [-0.39, 0.29) is 5.60 Å². The molecule has 0 atom stereocenters. The standard InChI is InChI=1S/C9H17NO2/c1-3-12-9(8(10)11-2)6-4-5-7-9/h10H,3-7H2,1-2H3. The topological polar surface area (TPSA) is 42.3 Å². The lowest BCUT2D eigenvalue weighted by Crippen LogP contribution is -2.39. The lowest BCUT2D eigenvalue weighted by atomic mass is 10.0. The molecule has 0 aromatic rings. The summed E-state index contributed by atoms with van der Waals surface area (Å²) < 4.78 is 10.5. The van der Waals surface area contributed by atoms with Crippen LogP contribution in [0.5, 0.6) is 0 Å². The van der Waals surface area contributed by atoms with Crippen molar-refractivity contribution in [2.24, 2.45) is 0 Å². The molecule has 0 aromatic carbocycles. The maximum absolute atomic E-state index is 7.64. The summed E-state index contributed by atoms with van der Waals surface area (Å²) >= 11 is 0. The van der Waals surface area contributed by atoms with Gasteiger partial charge in [0.15, 0.2) is 0 Å². The quantitative estimate of drug-likeness (QED) is 0.521. The predicted octanol–water partition coefficient (Wildman–Crippen LogP) is 1.96. The molecule has 1 fully saturated rings. The van der Waals surface area contributed by atoms with Crippen LogP contribution in [-0.4, -0.2) is 25.2 Å². The van der Waals surface area contributed by atoms with Gasteiger partial charge in [0, 0.05) is 6.61 Å². The molecule has 0 heterocycles. The van der Waals surface area contributed by atoms with Gasteiger partial charge in [-0.1, -0.05) is 0 Å². The summed E-state index contributed by atoms with van der Waals surface area (Å²) in [5.74, 6) is 0.293. The summed E-state index contributed by atoms with van der Waals surface area (Å²) in [6.07, 6.45) is 4.17. The third-order valence-corrected chi connectivity index (χ3v) is 2.45. The Morgan fingerprint density at radius 2 is 2.00 bits per heavy atom. The summed E-state index contributed by atoms with van der Waals surface area (Å²) in [7, 11) is 1.54. The first-order valence-corrected chi connectivity index (χ1v) is 4.52. The van der Waals surface area contributed by atoms with E-state index in [1.165, 1.54) is 0 Å². The van der Waals surface area contributed by atoms with Crippen LogP contribution < -0.4 is 0 Å². The summed E-state index contributed by atoms with van der Waals surface area (Å²) in [4.78, 5) is 0. The van der Waals surface area contributed by atoms with Crippen molar-refractivity contribution < 1.29 is 9.47 Å². The highest BCUT2D eigenvalue weighted by Crippen LogP contribution is 2.34. The van der Waals surface area contributed by atoms with Crippen molar-refractivity contribution in [3.05, 3.63) is 0 Å². The second-order valence-corrected chi connectivity index (χ2v) is 3.17. The van der Waals surface area contributed by atoms with E-state index in [1.807, 2.05) is 6.92 Å². The fraction of sp³-hybridized carbons (Fsp3) is 0.889.